The maximum atomic E-state index is 12.8. The Morgan fingerprint density at radius 1 is 0.947 bits per heavy atom. The predicted molar refractivity (Wildman–Crippen MR) is 143 cm³/mol. The fourth-order valence-corrected chi connectivity index (χ4v) is 4.84. The molecule has 5 aromatic rings. The van der Waals surface area contributed by atoms with Gasteiger partial charge in [0.1, 0.15) is 35.9 Å². The molecule has 0 atom stereocenters. The quantitative estimate of drug-likeness (QED) is 0.354. The molecule has 0 unspecified atom stereocenters. The average Bonchev–Trinajstić information content (AvgIpc) is 3.54. The lowest BCUT2D eigenvalue weighted by Gasteiger charge is -2.32. The van der Waals surface area contributed by atoms with E-state index in [2.05, 4.69) is 15.0 Å². The summed E-state index contributed by atoms with van der Waals surface area (Å²) in [5.41, 5.74) is 14.4. The normalized spacial score (nSPS) is 14.2. The number of benzene rings is 2. The van der Waals surface area contributed by atoms with E-state index in [-0.39, 0.29) is 18.5 Å². The van der Waals surface area contributed by atoms with Crippen molar-refractivity contribution in [3.63, 3.8) is 0 Å². The second-order valence-electron chi connectivity index (χ2n) is 9.22. The molecule has 1 aliphatic heterocycles. The number of amides is 1. The third kappa shape index (κ3) is 4.49. The largest absolute Gasteiger partial charge is 0.457 e. The van der Waals surface area contributed by atoms with Gasteiger partial charge in [-0.05, 0) is 49.2 Å². The minimum Gasteiger partial charge on any atom is -0.457 e. The van der Waals surface area contributed by atoms with Crippen LogP contribution in [-0.2, 0) is 11.3 Å². The highest BCUT2D eigenvalue weighted by atomic mass is 16.5. The molecule has 2 aromatic carbocycles. The minimum atomic E-state index is 0.0172. The summed E-state index contributed by atoms with van der Waals surface area (Å²) in [6.07, 6.45) is 6.25. The number of ether oxygens (including phenoxy) is 1. The number of carbonyl (C=O) groups excluding carboxylic acids is 1. The van der Waals surface area contributed by atoms with E-state index in [0.29, 0.717) is 30.5 Å². The number of anilines is 2. The number of carbonyl (C=O) groups is 1. The maximum Gasteiger partial charge on any atom is 0.242 e. The number of para-hydroxylation sites is 1. The molecule has 4 heterocycles. The zero-order valence-corrected chi connectivity index (χ0v) is 20.6. The second kappa shape index (κ2) is 9.85. The van der Waals surface area contributed by atoms with Crippen molar-refractivity contribution < 1.29 is 9.53 Å². The SMILES string of the molecule is Nc1ncnc2c1c(-c1ccc(Oc3ccccc3)cc1)nn2C1CCN(C(=O)Cn2ccnc2N)CC1. The average molecular weight is 510 g/mol. The highest BCUT2D eigenvalue weighted by molar-refractivity contribution is 5.98. The van der Waals surface area contributed by atoms with Crippen molar-refractivity contribution in [3.8, 4) is 22.8 Å². The summed E-state index contributed by atoms with van der Waals surface area (Å²) in [4.78, 5) is 27.4. The van der Waals surface area contributed by atoms with Crippen LogP contribution in [0.2, 0.25) is 0 Å². The Balaban J connectivity index is 1.22. The van der Waals surface area contributed by atoms with Crippen LogP contribution in [0.15, 0.2) is 73.3 Å². The topological polar surface area (TPSA) is 143 Å². The first-order chi connectivity index (χ1) is 18.6. The first-order valence-corrected chi connectivity index (χ1v) is 12.4. The van der Waals surface area contributed by atoms with E-state index < -0.39 is 0 Å². The van der Waals surface area contributed by atoms with Crippen LogP contribution in [0.1, 0.15) is 18.9 Å². The molecule has 0 saturated carbocycles. The first-order valence-electron chi connectivity index (χ1n) is 12.4. The Kier molecular flexibility index (Phi) is 6.08. The summed E-state index contributed by atoms with van der Waals surface area (Å²) in [6, 6.07) is 17.4. The van der Waals surface area contributed by atoms with E-state index in [4.69, 9.17) is 21.3 Å². The van der Waals surface area contributed by atoms with Crippen LogP contribution in [0.4, 0.5) is 11.8 Å². The van der Waals surface area contributed by atoms with Crippen molar-refractivity contribution in [1.82, 2.24) is 34.2 Å². The third-order valence-electron chi connectivity index (χ3n) is 6.84. The van der Waals surface area contributed by atoms with Gasteiger partial charge in [0.2, 0.25) is 11.9 Å². The highest BCUT2D eigenvalue weighted by Gasteiger charge is 2.28. The van der Waals surface area contributed by atoms with Gasteiger partial charge < -0.3 is 25.7 Å². The lowest BCUT2D eigenvalue weighted by atomic mass is 10.1. The molecule has 0 aliphatic carbocycles. The monoisotopic (exact) mass is 509 g/mol. The van der Waals surface area contributed by atoms with Gasteiger partial charge in [-0.25, -0.2) is 19.6 Å². The zero-order chi connectivity index (χ0) is 26.1. The molecule has 0 radical (unpaired) electrons. The van der Waals surface area contributed by atoms with Gasteiger partial charge in [0.05, 0.1) is 11.4 Å². The van der Waals surface area contributed by atoms with Gasteiger partial charge in [-0.1, -0.05) is 18.2 Å². The van der Waals surface area contributed by atoms with Crippen LogP contribution >= 0.6 is 0 Å². The molecule has 1 amide bonds. The van der Waals surface area contributed by atoms with Gasteiger partial charge in [0, 0.05) is 31.0 Å². The van der Waals surface area contributed by atoms with Gasteiger partial charge in [-0.3, -0.25) is 4.79 Å². The molecule has 0 spiro atoms. The van der Waals surface area contributed by atoms with Crippen molar-refractivity contribution in [2.24, 2.45) is 0 Å². The standard InChI is InChI=1S/C27H27N9O2/c28-25-23-24(18-6-8-21(9-7-18)38-20-4-2-1-3-5-20)33-36(26(23)32-17-31-25)19-10-13-34(14-11-19)22(37)16-35-15-12-30-27(35)29/h1-9,12,15,17,19H,10-11,13-14,16H2,(H2,29,30)(H2,28,31,32). The number of hydrogen-bond acceptors (Lipinski definition) is 8. The molecule has 0 bridgehead atoms. The fourth-order valence-electron chi connectivity index (χ4n) is 4.84. The number of imidazole rings is 1. The molecular weight excluding hydrogens is 482 g/mol. The number of fused-ring (bicyclic) bond motifs is 1. The molecule has 6 rings (SSSR count). The van der Waals surface area contributed by atoms with E-state index in [1.807, 2.05) is 64.2 Å². The fraction of sp³-hybridized carbons (Fsp3) is 0.222. The summed E-state index contributed by atoms with van der Waals surface area (Å²) >= 11 is 0. The molecule has 1 saturated heterocycles. The molecular formula is C27H27N9O2. The predicted octanol–water partition coefficient (Wildman–Crippen LogP) is 3.51. The molecule has 3 aromatic heterocycles. The van der Waals surface area contributed by atoms with Crippen molar-refractivity contribution in [2.75, 3.05) is 24.6 Å². The van der Waals surface area contributed by atoms with Gasteiger partial charge >= 0.3 is 0 Å². The Bertz CT molecular complexity index is 1570. The molecule has 192 valence electrons. The van der Waals surface area contributed by atoms with Gasteiger partial charge in [-0.2, -0.15) is 5.10 Å². The number of nitrogens with zero attached hydrogens (tertiary/aromatic N) is 7. The van der Waals surface area contributed by atoms with Crippen molar-refractivity contribution in [3.05, 3.63) is 73.3 Å². The molecule has 11 heteroatoms. The molecule has 38 heavy (non-hydrogen) atoms. The molecule has 1 aliphatic rings. The van der Waals surface area contributed by atoms with Crippen LogP contribution in [0.3, 0.4) is 0 Å². The number of likely N-dealkylation sites (tertiary alicyclic amines) is 1. The number of piperidine rings is 1. The Labute approximate surface area is 218 Å². The van der Waals surface area contributed by atoms with E-state index in [1.54, 1.807) is 17.0 Å². The summed E-state index contributed by atoms with van der Waals surface area (Å²) < 4.78 is 9.52. The molecule has 11 nitrogen and oxygen atoms in total. The van der Waals surface area contributed by atoms with Crippen molar-refractivity contribution >= 4 is 28.7 Å². The number of aromatic nitrogens is 6. The van der Waals surface area contributed by atoms with Gasteiger partial charge in [-0.15, -0.1) is 0 Å². The highest BCUT2D eigenvalue weighted by Crippen LogP contribution is 2.35. The van der Waals surface area contributed by atoms with E-state index >= 15 is 0 Å². The van der Waals surface area contributed by atoms with Crippen LogP contribution in [0.5, 0.6) is 11.5 Å². The van der Waals surface area contributed by atoms with E-state index in [9.17, 15) is 4.79 Å². The summed E-state index contributed by atoms with van der Waals surface area (Å²) in [7, 11) is 0. The maximum absolute atomic E-state index is 12.8. The summed E-state index contributed by atoms with van der Waals surface area (Å²) in [5.74, 6) is 2.23. The lowest BCUT2D eigenvalue weighted by Crippen LogP contribution is -2.41. The van der Waals surface area contributed by atoms with Gasteiger partial charge in [0.25, 0.3) is 0 Å². The number of rotatable bonds is 6. The van der Waals surface area contributed by atoms with Crippen molar-refractivity contribution in [2.45, 2.75) is 25.4 Å². The molecule has 1 fully saturated rings. The third-order valence-corrected chi connectivity index (χ3v) is 6.84. The second-order valence-corrected chi connectivity index (χ2v) is 9.22. The first kappa shape index (κ1) is 23.5. The Morgan fingerprint density at radius 2 is 1.68 bits per heavy atom. The Hall–Kier alpha value is -4.93. The number of nitrogens with two attached hydrogens (primary N) is 2. The van der Waals surface area contributed by atoms with Crippen LogP contribution in [-0.4, -0.2) is 53.2 Å². The number of hydrogen-bond donors (Lipinski definition) is 2. The smallest absolute Gasteiger partial charge is 0.242 e. The van der Waals surface area contributed by atoms with Crippen LogP contribution in [0, 0.1) is 0 Å². The van der Waals surface area contributed by atoms with E-state index in [1.165, 1.54) is 6.33 Å². The molecule has 4 N–H and O–H groups in total. The Morgan fingerprint density at radius 3 is 2.39 bits per heavy atom. The van der Waals surface area contributed by atoms with Crippen LogP contribution in [0.25, 0.3) is 22.3 Å². The van der Waals surface area contributed by atoms with Gasteiger partial charge in [0.15, 0.2) is 5.65 Å². The van der Waals surface area contributed by atoms with Crippen molar-refractivity contribution in [1.29, 1.82) is 0 Å². The van der Waals surface area contributed by atoms with E-state index in [0.717, 1.165) is 41.0 Å². The van der Waals surface area contributed by atoms with Crippen LogP contribution < -0.4 is 16.2 Å². The number of nitrogen functional groups attached to an aromatic ring is 2. The lowest BCUT2D eigenvalue weighted by molar-refractivity contribution is -0.133. The minimum absolute atomic E-state index is 0.0172. The summed E-state index contributed by atoms with van der Waals surface area (Å²) in [6.45, 7) is 1.40. The zero-order valence-electron chi connectivity index (χ0n) is 20.6. The summed E-state index contributed by atoms with van der Waals surface area (Å²) in [5, 5.41) is 5.68.